The topological polar surface area (TPSA) is 41.5 Å². The Balaban J connectivity index is 1.88. The first kappa shape index (κ1) is 12.8. The summed E-state index contributed by atoms with van der Waals surface area (Å²) in [7, 11) is 0. The van der Waals surface area contributed by atoms with Crippen molar-refractivity contribution in [3.05, 3.63) is 35.9 Å². The summed E-state index contributed by atoms with van der Waals surface area (Å²) in [4.78, 5) is 11.9. The maximum absolute atomic E-state index is 11.9. The van der Waals surface area contributed by atoms with Crippen LogP contribution < -0.4 is 5.43 Å². The Labute approximate surface area is 108 Å². The average Bonchev–Trinajstić information content (AvgIpc) is 3.21. The SMILES string of the molecule is CCC(CC)=NNC(=O)[C@H]1C[C@@H]1c1ccccc1. The minimum absolute atomic E-state index is 0.0586. The molecule has 1 fully saturated rings. The predicted octanol–water partition coefficient (Wildman–Crippen LogP) is 3.08. The predicted molar refractivity (Wildman–Crippen MR) is 73.4 cm³/mol. The highest BCUT2D eigenvalue weighted by Gasteiger charge is 2.43. The van der Waals surface area contributed by atoms with Crippen molar-refractivity contribution < 1.29 is 4.79 Å². The third kappa shape index (κ3) is 2.97. The third-order valence-corrected chi connectivity index (χ3v) is 3.50. The molecule has 1 amide bonds. The summed E-state index contributed by atoms with van der Waals surface area (Å²) in [6.07, 6.45) is 2.73. The van der Waals surface area contributed by atoms with E-state index in [9.17, 15) is 4.79 Å². The Morgan fingerprint density at radius 2 is 1.94 bits per heavy atom. The number of hydrogen-bond acceptors (Lipinski definition) is 2. The van der Waals surface area contributed by atoms with E-state index in [-0.39, 0.29) is 11.8 Å². The van der Waals surface area contributed by atoms with Gasteiger partial charge in [-0.1, -0.05) is 44.2 Å². The molecule has 0 spiro atoms. The van der Waals surface area contributed by atoms with Crippen LogP contribution in [0.2, 0.25) is 0 Å². The Kier molecular flexibility index (Phi) is 4.13. The summed E-state index contributed by atoms with van der Waals surface area (Å²) in [6.45, 7) is 4.11. The molecule has 1 aromatic carbocycles. The van der Waals surface area contributed by atoms with Gasteiger partial charge in [-0.25, -0.2) is 5.43 Å². The van der Waals surface area contributed by atoms with E-state index in [1.165, 1.54) is 5.56 Å². The van der Waals surface area contributed by atoms with E-state index in [2.05, 4.69) is 36.5 Å². The van der Waals surface area contributed by atoms with E-state index in [4.69, 9.17) is 0 Å². The fourth-order valence-electron chi connectivity index (χ4n) is 2.18. The number of amides is 1. The van der Waals surface area contributed by atoms with Crippen LogP contribution >= 0.6 is 0 Å². The third-order valence-electron chi connectivity index (χ3n) is 3.50. The lowest BCUT2D eigenvalue weighted by Gasteiger charge is -2.02. The second kappa shape index (κ2) is 5.80. The van der Waals surface area contributed by atoms with Gasteiger partial charge in [-0.15, -0.1) is 0 Å². The van der Waals surface area contributed by atoms with Crippen LogP contribution in [-0.4, -0.2) is 11.6 Å². The van der Waals surface area contributed by atoms with Gasteiger partial charge in [0.05, 0.1) is 0 Å². The number of rotatable bonds is 5. The molecule has 3 heteroatoms. The highest BCUT2D eigenvalue weighted by Crippen LogP contribution is 2.47. The molecule has 96 valence electrons. The zero-order valence-electron chi connectivity index (χ0n) is 11.0. The van der Waals surface area contributed by atoms with E-state index in [0.29, 0.717) is 5.92 Å². The second-order valence-electron chi connectivity index (χ2n) is 4.72. The standard InChI is InChI=1S/C15H20N2O/c1-3-12(4-2)16-17-15(18)14-10-13(14)11-8-6-5-7-9-11/h5-9,13-14H,3-4,10H2,1-2H3,(H,17,18)/t13-,14+/m1/s1. The molecule has 0 radical (unpaired) electrons. The maximum Gasteiger partial charge on any atom is 0.243 e. The molecule has 1 saturated carbocycles. The van der Waals surface area contributed by atoms with Gasteiger partial charge in [0.1, 0.15) is 0 Å². The number of hydrogen-bond donors (Lipinski definition) is 1. The molecule has 18 heavy (non-hydrogen) atoms. The van der Waals surface area contributed by atoms with Gasteiger partial charge in [0.2, 0.25) is 5.91 Å². The zero-order valence-corrected chi connectivity index (χ0v) is 11.0. The molecule has 1 aliphatic rings. The summed E-state index contributed by atoms with van der Waals surface area (Å²) in [5, 5.41) is 4.17. The molecule has 2 atom stereocenters. The number of carbonyl (C=O) groups excluding carboxylic acids is 1. The largest absolute Gasteiger partial charge is 0.273 e. The summed E-state index contributed by atoms with van der Waals surface area (Å²) in [5.41, 5.74) is 4.99. The molecular formula is C15H20N2O. The first-order valence-corrected chi connectivity index (χ1v) is 6.66. The Morgan fingerprint density at radius 1 is 1.28 bits per heavy atom. The molecule has 2 rings (SSSR count). The molecule has 1 aliphatic carbocycles. The molecule has 0 unspecified atom stereocenters. The molecule has 0 aliphatic heterocycles. The summed E-state index contributed by atoms with van der Waals surface area (Å²) < 4.78 is 0. The van der Waals surface area contributed by atoms with Crippen molar-refractivity contribution in [2.24, 2.45) is 11.0 Å². The molecule has 1 aromatic rings. The minimum atomic E-state index is 0.0586. The number of nitrogens with one attached hydrogen (secondary N) is 1. The maximum atomic E-state index is 11.9. The smallest absolute Gasteiger partial charge is 0.243 e. The summed E-state index contributed by atoms with van der Waals surface area (Å²) >= 11 is 0. The first-order chi connectivity index (χ1) is 8.76. The van der Waals surface area contributed by atoms with Gasteiger partial charge < -0.3 is 0 Å². The van der Waals surface area contributed by atoms with Crippen molar-refractivity contribution in [1.29, 1.82) is 0 Å². The van der Waals surface area contributed by atoms with E-state index in [1.54, 1.807) is 0 Å². The zero-order chi connectivity index (χ0) is 13.0. The van der Waals surface area contributed by atoms with Gasteiger partial charge >= 0.3 is 0 Å². The van der Waals surface area contributed by atoms with E-state index in [1.807, 2.05) is 18.2 Å². The molecule has 0 bridgehead atoms. The minimum Gasteiger partial charge on any atom is -0.273 e. The van der Waals surface area contributed by atoms with Gasteiger partial charge in [0.25, 0.3) is 0 Å². The number of nitrogens with zero attached hydrogens (tertiary/aromatic N) is 1. The van der Waals surface area contributed by atoms with Crippen LogP contribution in [0.25, 0.3) is 0 Å². The number of benzene rings is 1. The van der Waals surface area contributed by atoms with Gasteiger partial charge in [-0.05, 0) is 30.7 Å². The molecule has 3 nitrogen and oxygen atoms in total. The summed E-state index contributed by atoms with van der Waals surface area (Å²) in [6, 6.07) is 10.2. The summed E-state index contributed by atoms with van der Waals surface area (Å²) in [5.74, 6) is 0.544. The monoisotopic (exact) mass is 244 g/mol. The van der Waals surface area contributed by atoms with Crippen molar-refractivity contribution >= 4 is 11.6 Å². The van der Waals surface area contributed by atoms with Crippen LogP contribution in [0.5, 0.6) is 0 Å². The van der Waals surface area contributed by atoms with Crippen molar-refractivity contribution in [2.45, 2.75) is 39.0 Å². The van der Waals surface area contributed by atoms with Crippen LogP contribution in [-0.2, 0) is 4.79 Å². The normalized spacial score (nSPS) is 21.2. The van der Waals surface area contributed by atoms with Crippen molar-refractivity contribution in [1.82, 2.24) is 5.43 Å². The molecule has 0 saturated heterocycles. The lowest BCUT2D eigenvalue weighted by atomic mass is 10.1. The van der Waals surface area contributed by atoms with Crippen LogP contribution in [0.1, 0.15) is 44.6 Å². The molecule has 0 aromatic heterocycles. The number of hydrazone groups is 1. The molecule has 0 heterocycles. The van der Waals surface area contributed by atoms with Crippen molar-refractivity contribution in [3.63, 3.8) is 0 Å². The van der Waals surface area contributed by atoms with Crippen LogP contribution in [0.3, 0.4) is 0 Å². The van der Waals surface area contributed by atoms with Crippen molar-refractivity contribution in [3.8, 4) is 0 Å². The van der Waals surface area contributed by atoms with Gasteiger partial charge in [0.15, 0.2) is 0 Å². The van der Waals surface area contributed by atoms with Crippen molar-refractivity contribution in [2.75, 3.05) is 0 Å². The second-order valence-corrected chi connectivity index (χ2v) is 4.72. The Morgan fingerprint density at radius 3 is 2.56 bits per heavy atom. The van der Waals surface area contributed by atoms with Gasteiger partial charge in [-0.2, -0.15) is 5.10 Å². The highest BCUT2D eigenvalue weighted by molar-refractivity contribution is 5.87. The quantitative estimate of drug-likeness (QED) is 0.627. The lowest BCUT2D eigenvalue weighted by molar-refractivity contribution is -0.122. The Bertz CT molecular complexity index is 433. The average molecular weight is 244 g/mol. The van der Waals surface area contributed by atoms with Crippen LogP contribution in [0.15, 0.2) is 35.4 Å². The van der Waals surface area contributed by atoms with E-state index in [0.717, 1.165) is 25.0 Å². The van der Waals surface area contributed by atoms with E-state index < -0.39 is 0 Å². The van der Waals surface area contributed by atoms with Crippen LogP contribution in [0, 0.1) is 5.92 Å². The lowest BCUT2D eigenvalue weighted by Crippen LogP contribution is -2.21. The molecule has 1 N–H and O–H groups in total. The first-order valence-electron chi connectivity index (χ1n) is 6.66. The van der Waals surface area contributed by atoms with E-state index >= 15 is 0 Å². The highest BCUT2D eigenvalue weighted by atomic mass is 16.2. The number of carbonyl (C=O) groups is 1. The fraction of sp³-hybridized carbons (Fsp3) is 0.467. The Hall–Kier alpha value is -1.64. The van der Waals surface area contributed by atoms with Gasteiger partial charge in [-0.3, -0.25) is 4.79 Å². The molecular weight excluding hydrogens is 224 g/mol. The van der Waals surface area contributed by atoms with Gasteiger partial charge in [0, 0.05) is 11.6 Å². The fourth-order valence-corrected chi connectivity index (χ4v) is 2.18. The van der Waals surface area contributed by atoms with Crippen LogP contribution in [0.4, 0.5) is 0 Å².